The molecule has 136 valence electrons. The van der Waals surface area contributed by atoms with Gasteiger partial charge in [-0.25, -0.2) is 0 Å². The number of rotatable bonds is 6. The van der Waals surface area contributed by atoms with Crippen molar-refractivity contribution in [2.45, 2.75) is 25.6 Å². The number of carbonyl (C=O) groups excluding carboxylic acids is 2. The Morgan fingerprint density at radius 2 is 2.04 bits per heavy atom. The number of aliphatic hydroxyl groups is 1. The Morgan fingerprint density at radius 1 is 1.24 bits per heavy atom. The van der Waals surface area contributed by atoms with E-state index in [0.717, 1.165) is 25.1 Å². The van der Waals surface area contributed by atoms with Crippen molar-refractivity contribution in [1.82, 2.24) is 20.4 Å². The van der Waals surface area contributed by atoms with Gasteiger partial charge in [0, 0.05) is 39.3 Å². The Kier molecular flexibility index (Phi) is 6.01. The molecule has 2 aliphatic heterocycles. The van der Waals surface area contributed by atoms with Gasteiger partial charge in [-0.2, -0.15) is 0 Å². The number of piperazine rings is 1. The second-order valence-electron chi connectivity index (χ2n) is 6.78. The van der Waals surface area contributed by atoms with Crippen LogP contribution < -0.4 is 10.6 Å². The number of hydrogen-bond acceptors (Lipinski definition) is 5. The summed E-state index contributed by atoms with van der Waals surface area (Å²) in [4.78, 5) is 27.6. The lowest BCUT2D eigenvalue weighted by molar-refractivity contribution is -0.127. The summed E-state index contributed by atoms with van der Waals surface area (Å²) < 4.78 is 0. The number of benzene rings is 1. The molecule has 2 fully saturated rings. The van der Waals surface area contributed by atoms with Crippen molar-refractivity contribution in [3.05, 3.63) is 35.4 Å². The molecule has 1 unspecified atom stereocenters. The zero-order valence-electron chi connectivity index (χ0n) is 14.4. The number of carbonyl (C=O) groups is 2. The third-order valence-corrected chi connectivity index (χ3v) is 4.72. The van der Waals surface area contributed by atoms with Crippen LogP contribution in [0.25, 0.3) is 0 Å². The van der Waals surface area contributed by atoms with E-state index >= 15 is 0 Å². The lowest BCUT2D eigenvalue weighted by Gasteiger charge is -2.25. The van der Waals surface area contributed by atoms with Gasteiger partial charge in [-0.15, -0.1) is 0 Å². The van der Waals surface area contributed by atoms with Gasteiger partial charge in [-0.1, -0.05) is 24.3 Å². The number of β-amino-alcohol motifs (C(OH)–C–C–N with tert-alkyl or cyclic N) is 1. The molecule has 3 rings (SSSR count). The molecule has 2 amide bonds. The summed E-state index contributed by atoms with van der Waals surface area (Å²) in [5.41, 5.74) is 2.27. The van der Waals surface area contributed by atoms with Crippen LogP contribution in [0.2, 0.25) is 0 Å². The Bertz CT molecular complexity index is 622. The van der Waals surface area contributed by atoms with Gasteiger partial charge in [-0.3, -0.25) is 19.4 Å². The highest BCUT2D eigenvalue weighted by Crippen LogP contribution is 2.16. The van der Waals surface area contributed by atoms with Crippen LogP contribution in [0, 0.1) is 0 Å². The van der Waals surface area contributed by atoms with Gasteiger partial charge >= 0.3 is 0 Å². The average Bonchev–Trinajstić information content (AvgIpc) is 2.99. The van der Waals surface area contributed by atoms with E-state index in [9.17, 15) is 14.7 Å². The van der Waals surface area contributed by atoms with E-state index in [1.54, 1.807) is 0 Å². The second-order valence-corrected chi connectivity index (χ2v) is 6.78. The number of nitrogens with one attached hydrogen (secondary N) is 2. The van der Waals surface area contributed by atoms with Gasteiger partial charge in [0.2, 0.25) is 11.8 Å². The highest BCUT2D eigenvalue weighted by atomic mass is 16.3. The minimum absolute atomic E-state index is 0.0304. The molecule has 0 aromatic heterocycles. The molecule has 0 saturated carbocycles. The maximum atomic E-state index is 12.2. The van der Waals surface area contributed by atoms with Crippen LogP contribution >= 0.6 is 0 Å². The van der Waals surface area contributed by atoms with Crippen molar-refractivity contribution in [3.8, 4) is 0 Å². The summed E-state index contributed by atoms with van der Waals surface area (Å²) in [7, 11) is 0. The largest absolute Gasteiger partial charge is 0.392 e. The predicted molar refractivity (Wildman–Crippen MR) is 93.6 cm³/mol. The van der Waals surface area contributed by atoms with E-state index in [1.165, 1.54) is 5.56 Å². The maximum absolute atomic E-state index is 12.2. The number of nitrogens with zero attached hydrogens (tertiary/aromatic N) is 2. The Hall–Kier alpha value is -1.96. The first-order chi connectivity index (χ1) is 12.1. The first-order valence-corrected chi connectivity index (χ1v) is 8.83. The van der Waals surface area contributed by atoms with Crippen molar-refractivity contribution < 1.29 is 14.7 Å². The smallest absolute Gasteiger partial charge is 0.234 e. The van der Waals surface area contributed by atoms with Crippen LogP contribution in [-0.2, 0) is 22.7 Å². The van der Waals surface area contributed by atoms with Crippen molar-refractivity contribution in [3.63, 3.8) is 0 Å². The molecular weight excluding hydrogens is 320 g/mol. The number of likely N-dealkylation sites (tertiary alicyclic amines) is 1. The van der Waals surface area contributed by atoms with Gasteiger partial charge in [0.15, 0.2) is 0 Å². The molecule has 25 heavy (non-hydrogen) atoms. The summed E-state index contributed by atoms with van der Waals surface area (Å²) in [5, 5.41) is 15.4. The SMILES string of the molecule is O=C1CN(CC(=O)NCc2ccccc2CN2CCC(O)C2)CCN1. The van der Waals surface area contributed by atoms with E-state index in [4.69, 9.17) is 0 Å². The van der Waals surface area contributed by atoms with Crippen LogP contribution in [0.3, 0.4) is 0 Å². The molecule has 0 spiro atoms. The Labute approximate surface area is 148 Å². The molecule has 7 heteroatoms. The molecule has 2 aliphatic rings. The molecule has 0 aliphatic carbocycles. The average molecular weight is 346 g/mol. The fourth-order valence-corrected chi connectivity index (χ4v) is 3.36. The van der Waals surface area contributed by atoms with Gasteiger partial charge < -0.3 is 15.7 Å². The lowest BCUT2D eigenvalue weighted by atomic mass is 10.1. The maximum Gasteiger partial charge on any atom is 0.234 e. The van der Waals surface area contributed by atoms with Gasteiger partial charge in [0.1, 0.15) is 0 Å². The number of hydrogen-bond donors (Lipinski definition) is 3. The van der Waals surface area contributed by atoms with Crippen LogP contribution in [0.4, 0.5) is 0 Å². The quantitative estimate of drug-likeness (QED) is 0.634. The van der Waals surface area contributed by atoms with Gasteiger partial charge in [0.05, 0.1) is 19.2 Å². The normalized spacial score (nSPS) is 22.0. The van der Waals surface area contributed by atoms with Crippen LogP contribution in [0.15, 0.2) is 24.3 Å². The third-order valence-electron chi connectivity index (χ3n) is 4.72. The van der Waals surface area contributed by atoms with E-state index in [-0.39, 0.29) is 31.0 Å². The minimum atomic E-state index is -0.228. The highest BCUT2D eigenvalue weighted by molar-refractivity contribution is 5.81. The summed E-state index contributed by atoms with van der Waals surface area (Å²) in [6, 6.07) is 8.07. The molecular formula is C18H26N4O3. The fourth-order valence-electron chi connectivity index (χ4n) is 3.36. The summed E-state index contributed by atoms with van der Waals surface area (Å²) in [6.45, 7) is 4.69. The molecule has 3 N–H and O–H groups in total. The monoisotopic (exact) mass is 346 g/mol. The minimum Gasteiger partial charge on any atom is -0.392 e. The van der Waals surface area contributed by atoms with Gasteiger partial charge in [0.25, 0.3) is 0 Å². The van der Waals surface area contributed by atoms with Crippen LogP contribution in [-0.4, -0.2) is 72.1 Å². The van der Waals surface area contributed by atoms with Gasteiger partial charge in [-0.05, 0) is 17.5 Å². The van der Waals surface area contributed by atoms with E-state index in [2.05, 4.69) is 21.6 Å². The lowest BCUT2D eigenvalue weighted by Crippen LogP contribution is -2.50. The molecule has 7 nitrogen and oxygen atoms in total. The Morgan fingerprint density at radius 3 is 2.76 bits per heavy atom. The number of aliphatic hydroxyl groups excluding tert-OH is 1. The van der Waals surface area contributed by atoms with Crippen molar-refractivity contribution in [1.29, 1.82) is 0 Å². The molecule has 2 heterocycles. The highest BCUT2D eigenvalue weighted by Gasteiger charge is 2.21. The third kappa shape index (κ3) is 5.26. The van der Waals surface area contributed by atoms with Crippen LogP contribution in [0.5, 0.6) is 0 Å². The molecule has 2 saturated heterocycles. The number of amides is 2. The van der Waals surface area contributed by atoms with Crippen molar-refractivity contribution in [2.75, 3.05) is 39.3 Å². The standard InChI is InChI=1S/C18H26N4O3/c23-16-5-7-21(11-16)10-15-4-2-1-3-14(15)9-20-18(25)13-22-8-6-19-17(24)12-22/h1-4,16,23H,5-13H2,(H,19,24)(H,20,25). The zero-order chi connectivity index (χ0) is 17.6. The zero-order valence-corrected chi connectivity index (χ0v) is 14.4. The Balaban J connectivity index is 1.50. The predicted octanol–water partition coefficient (Wildman–Crippen LogP) is -0.699. The molecule has 1 aromatic rings. The van der Waals surface area contributed by atoms with E-state index < -0.39 is 0 Å². The topological polar surface area (TPSA) is 84.9 Å². The first-order valence-electron chi connectivity index (χ1n) is 8.83. The second kappa shape index (κ2) is 8.42. The molecule has 1 atom stereocenters. The van der Waals surface area contributed by atoms with E-state index in [1.807, 2.05) is 23.1 Å². The van der Waals surface area contributed by atoms with Crippen molar-refractivity contribution in [2.24, 2.45) is 0 Å². The van der Waals surface area contributed by atoms with Crippen LogP contribution in [0.1, 0.15) is 17.5 Å². The summed E-state index contributed by atoms with van der Waals surface area (Å²) >= 11 is 0. The van der Waals surface area contributed by atoms with Crippen molar-refractivity contribution >= 4 is 11.8 Å². The van der Waals surface area contributed by atoms with E-state index in [0.29, 0.717) is 26.2 Å². The molecule has 1 aromatic carbocycles. The fraction of sp³-hybridized carbons (Fsp3) is 0.556. The molecule has 0 bridgehead atoms. The summed E-state index contributed by atoms with van der Waals surface area (Å²) in [5.74, 6) is -0.0988. The summed E-state index contributed by atoms with van der Waals surface area (Å²) in [6.07, 6.45) is 0.594. The molecule has 0 radical (unpaired) electrons. The first kappa shape index (κ1) is 17.8.